The Morgan fingerprint density at radius 3 is 2.35 bits per heavy atom. The lowest BCUT2D eigenvalue weighted by Gasteiger charge is -2.24. The van der Waals surface area contributed by atoms with Gasteiger partial charge >= 0.3 is 0 Å². The molecule has 1 fully saturated rings. The maximum absolute atomic E-state index is 13.4. The van der Waals surface area contributed by atoms with Crippen LogP contribution in [0.15, 0.2) is 77.9 Å². The van der Waals surface area contributed by atoms with Gasteiger partial charge in [-0.1, -0.05) is 66.7 Å². The number of quaternary nitrogens is 1. The monoisotopic (exact) mass is 412 g/mol. The van der Waals surface area contributed by atoms with Gasteiger partial charge in [-0.15, -0.1) is 0 Å². The zero-order valence-electron chi connectivity index (χ0n) is 18.0. The molecule has 3 aromatic rings. The van der Waals surface area contributed by atoms with Crippen LogP contribution in [-0.4, -0.2) is 36.3 Å². The van der Waals surface area contributed by atoms with E-state index in [1.54, 1.807) is 5.01 Å². The minimum Gasteiger partial charge on any atom is -0.327 e. The van der Waals surface area contributed by atoms with Gasteiger partial charge in [-0.05, 0) is 53.6 Å². The number of rotatable bonds is 4. The summed E-state index contributed by atoms with van der Waals surface area (Å²) in [7, 11) is 0. The first kappa shape index (κ1) is 20.0. The molecule has 2 heterocycles. The molecule has 0 radical (unpaired) electrons. The maximum atomic E-state index is 13.4. The second-order valence-corrected chi connectivity index (χ2v) is 8.82. The highest BCUT2D eigenvalue weighted by atomic mass is 16.2. The van der Waals surface area contributed by atoms with Crippen molar-refractivity contribution in [2.24, 2.45) is 5.10 Å². The fraction of sp³-hybridized carbons (Fsp3) is 0.333. The molecule has 1 amide bonds. The molecule has 2 aliphatic rings. The smallest absolute Gasteiger partial charge is 0.298 e. The quantitative estimate of drug-likeness (QED) is 0.692. The number of hydrogen-bond acceptors (Lipinski definition) is 2. The summed E-state index contributed by atoms with van der Waals surface area (Å²) in [4.78, 5) is 14.8. The third kappa shape index (κ3) is 4.40. The Morgan fingerprint density at radius 2 is 1.58 bits per heavy atom. The highest BCUT2D eigenvalue weighted by Gasteiger charge is 2.34. The Hall–Kier alpha value is -2.98. The molecule has 0 bridgehead atoms. The molecular weight excluding hydrogens is 382 g/mol. The Labute approximate surface area is 184 Å². The predicted molar refractivity (Wildman–Crippen MR) is 125 cm³/mol. The van der Waals surface area contributed by atoms with E-state index in [2.05, 4.69) is 54.6 Å². The molecule has 0 saturated carbocycles. The van der Waals surface area contributed by atoms with E-state index in [0.29, 0.717) is 6.54 Å². The van der Waals surface area contributed by atoms with Crippen molar-refractivity contribution in [3.63, 3.8) is 0 Å². The van der Waals surface area contributed by atoms with Crippen LogP contribution in [-0.2, 0) is 4.79 Å². The standard InChI is InChI=1S/C27H29N3O/c31-27(20-29-16-8-1-2-9-17-29)30-26(22-11-4-3-5-12-22)19-25(28-30)24-15-14-21-10-6-7-13-23(21)18-24/h3-7,10-15,18,26H,1-2,8-9,16-17,19-20H2/p+1/t26-/m1/s1. The Balaban J connectivity index is 1.44. The van der Waals surface area contributed by atoms with E-state index < -0.39 is 0 Å². The first-order valence-corrected chi connectivity index (χ1v) is 11.6. The number of nitrogens with one attached hydrogen (secondary N) is 1. The summed E-state index contributed by atoms with van der Waals surface area (Å²) in [6.45, 7) is 2.73. The fourth-order valence-corrected chi connectivity index (χ4v) is 4.92. The number of likely N-dealkylation sites (tertiary alicyclic amines) is 1. The van der Waals surface area contributed by atoms with Gasteiger partial charge in [0, 0.05) is 6.42 Å². The van der Waals surface area contributed by atoms with E-state index in [1.165, 1.54) is 41.4 Å². The summed E-state index contributed by atoms with van der Waals surface area (Å²) < 4.78 is 0. The van der Waals surface area contributed by atoms with E-state index in [-0.39, 0.29) is 11.9 Å². The maximum Gasteiger partial charge on any atom is 0.298 e. The van der Waals surface area contributed by atoms with E-state index in [9.17, 15) is 4.79 Å². The lowest BCUT2D eigenvalue weighted by Crippen LogP contribution is -3.13. The largest absolute Gasteiger partial charge is 0.327 e. The fourth-order valence-electron chi connectivity index (χ4n) is 4.92. The van der Waals surface area contributed by atoms with Gasteiger partial charge in [-0.25, -0.2) is 5.01 Å². The zero-order valence-corrected chi connectivity index (χ0v) is 18.0. The van der Waals surface area contributed by atoms with Gasteiger partial charge in [0.1, 0.15) is 0 Å². The third-order valence-electron chi connectivity index (χ3n) is 6.64. The molecule has 4 nitrogen and oxygen atoms in total. The molecule has 0 spiro atoms. The summed E-state index contributed by atoms with van der Waals surface area (Å²) in [5, 5.41) is 9.10. The van der Waals surface area contributed by atoms with Crippen molar-refractivity contribution >= 4 is 22.4 Å². The van der Waals surface area contributed by atoms with Crippen LogP contribution in [0, 0.1) is 0 Å². The van der Waals surface area contributed by atoms with Gasteiger partial charge in [0.05, 0.1) is 24.8 Å². The van der Waals surface area contributed by atoms with Crippen molar-refractivity contribution in [1.29, 1.82) is 0 Å². The van der Waals surface area contributed by atoms with Crippen molar-refractivity contribution < 1.29 is 9.69 Å². The highest BCUT2D eigenvalue weighted by Crippen LogP contribution is 2.33. The van der Waals surface area contributed by atoms with Crippen LogP contribution in [0.4, 0.5) is 0 Å². The topological polar surface area (TPSA) is 37.1 Å². The molecule has 0 unspecified atom stereocenters. The average Bonchev–Trinajstić information content (AvgIpc) is 3.11. The molecule has 3 aromatic carbocycles. The average molecular weight is 413 g/mol. The molecule has 0 aliphatic carbocycles. The van der Waals surface area contributed by atoms with Gasteiger partial charge in [0.15, 0.2) is 6.54 Å². The minimum absolute atomic E-state index is 0.0263. The zero-order chi connectivity index (χ0) is 21.0. The highest BCUT2D eigenvalue weighted by molar-refractivity contribution is 6.05. The van der Waals surface area contributed by atoms with E-state index >= 15 is 0 Å². The molecule has 2 aliphatic heterocycles. The van der Waals surface area contributed by atoms with Crippen molar-refractivity contribution in [2.75, 3.05) is 19.6 Å². The predicted octanol–water partition coefficient (Wildman–Crippen LogP) is 3.98. The lowest BCUT2D eigenvalue weighted by atomic mass is 9.97. The number of hydrogen-bond donors (Lipinski definition) is 1. The SMILES string of the molecule is O=C(C[NH+]1CCCCCC1)N1N=C(c2ccc3ccccc3c2)C[C@@H]1c1ccccc1. The van der Waals surface area contributed by atoms with Crippen LogP contribution in [0.5, 0.6) is 0 Å². The summed E-state index contributed by atoms with van der Waals surface area (Å²) in [5.74, 6) is 0.140. The second-order valence-electron chi connectivity index (χ2n) is 8.82. The van der Waals surface area contributed by atoms with Crippen LogP contribution in [0.3, 0.4) is 0 Å². The van der Waals surface area contributed by atoms with Crippen LogP contribution >= 0.6 is 0 Å². The molecule has 158 valence electrons. The number of carbonyl (C=O) groups is 1. The number of hydrazone groups is 1. The number of benzene rings is 3. The van der Waals surface area contributed by atoms with Gasteiger partial charge < -0.3 is 4.90 Å². The lowest BCUT2D eigenvalue weighted by molar-refractivity contribution is -0.891. The molecule has 0 aromatic heterocycles. The van der Waals surface area contributed by atoms with Crippen molar-refractivity contribution in [3.05, 3.63) is 83.9 Å². The van der Waals surface area contributed by atoms with Crippen LogP contribution < -0.4 is 4.90 Å². The number of carbonyl (C=O) groups excluding carboxylic acids is 1. The first-order valence-electron chi connectivity index (χ1n) is 11.6. The minimum atomic E-state index is -0.0263. The molecule has 31 heavy (non-hydrogen) atoms. The first-order chi connectivity index (χ1) is 15.3. The van der Waals surface area contributed by atoms with Crippen LogP contribution in [0.2, 0.25) is 0 Å². The van der Waals surface area contributed by atoms with Crippen LogP contribution in [0.1, 0.15) is 49.3 Å². The summed E-state index contributed by atoms with van der Waals surface area (Å²) in [5.41, 5.74) is 3.26. The van der Waals surface area contributed by atoms with E-state index in [1.807, 2.05) is 18.2 Å². The van der Waals surface area contributed by atoms with Gasteiger partial charge in [0.2, 0.25) is 0 Å². The molecule has 1 N–H and O–H groups in total. The van der Waals surface area contributed by atoms with Gasteiger partial charge in [-0.3, -0.25) is 4.79 Å². The summed E-state index contributed by atoms with van der Waals surface area (Å²) >= 11 is 0. The van der Waals surface area contributed by atoms with Gasteiger partial charge in [-0.2, -0.15) is 5.10 Å². The number of amides is 1. The third-order valence-corrected chi connectivity index (χ3v) is 6.64. The molecular formula is C27H30N3O+. The Morgan fingerprint density at radius 1 is 0.871 bits per heavy atom. The molecule has 5 rings (SSSR count). The van der Waals surface area contributed by atoms with Crippen LogP contribution in [0.25, 0.3) is 10.8 Å². The molecule has 1 saturated heterocycles. The number of nitrogens with zero attached hydrogens (tertiary/aromatic N) is 2. The Kier molecular flexibility index (Phi) is 5.81. The van der Waals surface area contributed by atoms with Gasteiger partial charge in [0.25, 0.3) is 5.91 Å². The van der Waals surface area contributed by atoms with Crippen molar-refractivity contribution in [1.82, 2.24) is 5.01 Å². The van der Waals surface area contributed by atoms with Crippen molar-refractivity contribution in [2.45, 2.75) is 38.1 Å². The summed E-state index contributed by atoms with van der Waals surface area (Å²) in [6.07, 6.45) is 5.77. The summed E-state index contributed by atoms with van der Waals surface area (Å²) in [6, 6.07) is 25.2. The molecule has 4 heteroatoms. The second kappa shape index (κ2) is 9.03. The van der Waals surface area contributed by atoms with E-state index in [4.69, 9.17) is 5.10 Å². The normalized spacial score (nSPS) is 19.9. The van der Waals surface area contributed by atoms with Crippen molar-refractivity contribution in [3.8, 4) is 0 Å². The number of fused-ring (bicyclic) bond motifs is 1. The van der Waals surface area contributed by atoms with E-state index in [0.717, 1.165) is 36.3 Å². The Bertz CT molecular complexity index is 1080. The molecule has 1 atom stereocenters.